The van der Waals surface area contributed by atoms with Crippen molar-refractivity contribution in [3.63, 3.8) is 0 Å². The van der Waals surface area contributed by atoms with Crippen LogP contribution >= 0.6 is 15.9 Å². The first-order chi connectivity index (χ1) is 13.1. The summed E-state index contributed by atoms with van der Waals surface area (Å²) in [6, 6.07) is 16.8. The number of rotatable bonds is 6. The largest absolute Gasteiger partial charge is 0.483 e. The molecule has 0 aliphatic rings. The maximum absolute atomic E-state index is 12.7. The molecule has 0 spiro atoms. The Morgan fingerprint density at radius 3 is 2.52 bits per heavy atom. The summed E-state index contributed by atoms with van der Waals surface area (Å²) in [6.07, 6.45) is 1.47. The van der Waals surface area contributed by atoms with Crippen molar-refractivity contribution in [3.8, 4) is 11.4 Å². The molecule has 3 rings (SSSR count). The number of hydrogen-bond donors (Lipinski definition) is 0. The highest BCUT2D eigenvalue weighted by Crippen LogP contribution is 2.21. The van der Waals surface area contributed by atoms with Gasteiger partial charge in [0.2, 0.25) is 5.69 Å². The molecule has 1 heterocycles. The van der Waals surface area contributed by atoms with Crippen LogP contribution in [0.25, 0.3) is 5.69 Å². The van der Waals surface area contributed by atoms with Crippen molar-refractivity contribution in [2.24, 2.45) is 0 Å². The van der Waals surface area contributed by atoms with E-state index in [0.29, 0.717) is 5.69 Å². The van der Waals surface area contributed by atoms with Crippen LogP contribution < -0.4 is 10.2 Å². The molecule has 0 aliphatic carbocycles. The first kappa shape index (κ1) is 18.8. The third-order valence-corrected chi connectivity index (χ3v) is 4.36. The molecule has 0 N–H and O–H groups in total. The number of hydrogen-bond acceptors (Lipinski definition) is 5. The fourth-order valence-corrected chi connectivity index (χ4v) is 2.87. The highest BCUT2D eigenvalue weighted by atomic mass is 79.9. The quantitative estimate of drug-likeness (QED) is 0.559. The molecule has 3 aromatic rings. The van der Waals surface area contributed by atoms with Gasteiger partial charge in [-0.25, -0.2) is 9.48 Å². The molecule has 2 aromatic carbocycles. The number of aromatic nitrogens is 2. The molecule has 0 aliphatic heterocycles. The van der Waals surface area contributed by atoms with Gasteiger partial charge >= 0.3 is 5.97 Å². The Hall–Kier alpha value is -2.93. The molecule has 0 saturated heterocycles. The van der Waals surface area contributed by atoms with E-state index < -0.39 is 11.4 Å². The maximum Gasteiger partial charge on any atom is 0.363 e. The number of halogens is 1. The molecular weight excluding hydrogens is 412 g/mol. The molecule has 0 saturated carbocycles. The summed E-state index contributed by atoms with van der Waals surface area (Å²) in [5.74, 6) is -0.763. The summed E-state index contributed by atoms with van der Waals surface area (Å²) in [4.78, 5) is 24.9. The topological polar surface area (TPSA) is 70.4 Å². The second-order valence-corrected chi connectivity index (χ2v) is 6.42. The van der Waals surface area contributed by atoms with Gasteiger partial charge in [-0.2, -0.15) is 5.10 Å². The summed E-state index contributed by atoms with van der Waals surface area (Å²) >= 11 is 3.45. The van der Waals surface area contributed by atoms with Crippen molar-refractivity contribution in [3.05, 3.63) is 86.7 Å². The van der Waals surface area contributed by atoms with Crippen LogP contribution in [0.4, 0.5) is 0 Å². The predicted molar refractivity (Wildman–Crippen MR) is 104 cm³/mol. The van der Waals surface area contributed by atoms with Crippen LogP contribution in [0.2, 0.25) is 0 Å². The van der Waals surface area contributed by atoms with Crippen molar-refractivity contribution >= 4 is 21.9 Å². The van der Waals surface area contributed by atoms with Gasteiger partial charge in [-0.1, -0.05) is 42.5 Å². The zero-order valence-electron chi connectivity index (χ0n) is 14.6. The van der Waals surface area contributed by atoms with Crippen LogP contribution in [0.15, 0.2) is 70.1 Å². The molecule has 0 fully saturated rings. The van der Waals surface area contributed by atoms with Gasteiger partial charge in [0, 0.05) is 4.47 Å². The molecule has 7 heteroatoms. The third-order valence-electron chi connectivity index (χ3n) is 3.69. The van der Waals surface area contributed by atoms with Crippen molar-refractivity contribution in [1.82, 2.24) is 9.78 Å². The zero-order chi connectivity index (χ0) is 19.2. The van der Waals surface area contributed by atoms with Gasteiger partial charge in [0.1, 0.15) is 6.61 Å². The van der Waals surface area contributed by atoms with Crippen LogP contribution in [0.5, 0.6) is 5.75 Å². The number of nitrogens with zero attached hydrogens (tertiary/aromatic N) is 2. The standard InChI is InChI=1S/C20H17BrN2O4/c1-2-26-20(25)18-19(24)17(27-13-14-8-4-3-5-9-14)12-23(22-18)16-11-7-6-10-15(16)21/h3-12H,2,13H2,1H3. The van der Waals surface area contributed by atoms with Gasteiger partial charge in [-0.05, 0) is 40.5 Å². The van der Waals surface area contributed by atoms with Gasteiger partial charge < -0.3 is 9.47 Å². The van der Waals surface area contributed by atoms with Gasteiger partial charge in [0.05, 0.1) is 18.5 Å². The van der Waals surface area contributed by atoms with Crippen LogP contribution in [-0.4, -0.2) is 22.4 Å². The summed E-state index contributed by atoms with van der Waals surface area (Å²) in [5.41, 5.74) is 0.636. The van der Waals surface area contributed by atoms with Gasteiger partial charge in [0.15, 0.2) is 5.75 Å². The lowest BCUT2D eigenvalue weighted by Gasteiger charge is -2.12. The number of ether oxygens (including phenoxy) is 2. The van der Waals surface area contributed by atoms with E-state index in [-0.39, 0.29) is 24.7 Å². The van der Waals surface area contributed by atoms with E-state index in [4.69, 9.17) is 9.47 Å². The molecule has 0 unspecified atom stereocenters. The molecule has 0 atom stereocenters. The monoisotopic (exact) mass is 428 g/mol. The second kappa shape index (κ2) is 8.64. The average Bonchev–Trinajstić information content (AvgIpc) is 2.68. The van der Waals surface area contributed by atoms with Crippen molar-refractivity contribution in [2.75, 3.05) is 6.61 Å². The summed E-state index contributed by atoms with van der Waals surface area (Å²) < 4.78 is 12.8. The van der Waals surface area contributed by atoms with Crippen molar-refractivity contribution < 1.29 is 14.3 Å². The Balaban J connectivity index is 2.04. The third kappa shape index (κ3) is 4.43. The Morgan fingerprint density at radius 1 is 1.11 bits per heavy atom. The molecule has 138 valence electrons. The van der Waals surface area contributed by atoms with Crippen LogP contribution in [0.1, 0.15) is 23.0 Å². The molecule has 0 bridgehead atoms. The van der Waals surface area contributed by atoms with E-state index in [1.807, 2.05) is 48.5 Å². The maximum atomic E-state index is 12.7. The number of esters is 1. The highest BCUT2D eigenvalue weighted by molar-refractivity contribution is 9.10. The van der Waals surface area contributed by atoms with Crippen LogP contribution in [0, 0.1) is 0 Å². The van der Waals surface area contributed by atoms with E-state index in [9.17, 15) is 9.59 Å². The zero-order valence-corrected chi connectivity index (χ0v) is 16.2. The molecule has 0 radical (unpaired) electrons. The number of para-hydroxylation sites is 1. The first-order valence-corrected chi connectivity index (χ1v) is 9.12. The van der Waals surface area contributed by atoms with Crippen molar-refractivity contribution in [1.29, 1.82) is 0 Å². The second-order valence-electron chi connectivity index (χ2n) is 5.56. The first-order valence-electron chi connectivity index (χ1n) is 8.33. The molecular formula is C20H17BrN2O4. The Bertz CT molecular complexity index is 1000. The van der Waals surface area contributed by atoms with Gasteiger partial charge in [-0.3, -0.25) is 4.79 Å². The highest BCUT2D eigenvalue weighted by Gasteiger charge is 2.20. The number of carbonyl (C=O) groups excluding carboxylic acids is 1. The van der Waals surface area contributed by atoms with E-state index in [0.717, 1.165) is 10.0 Å². The van der Waals surface area contributed by atoms with Crippen LogP contribution in [-0.2, 0) is 11.3 Å². The Labute approximate surface area is 164 Å². The predicted octanol–water partition coefficient (Wildman–Crippen LogP) is 3.75. The lowest BCUT2D eigenvalue weighted by Crippen LogP contribution is -2.25. The fraction of sp³-hybridized carbons (Fsp3) is 0.150. The smallest absolute Gasteiger partial charge is 0.363 e. The van der Waals surface area contributed by atoms with Gasteiger partial charge in [-0.15, -0.1) is 0 Å². The van der Waals surface area contributed by atoms with E-state index in [1.165, 1.54) is 10.9 Å². The summed E-state index contributed by atoms with van der Waals surface area (Å²) in [7, 11) is 0. The SMILES string of the molecule is CCOC(=O)c1nn(-c2ccccc2Br)cc(OCc2ccccc2)c1=O. The summed E-state index contributed by atoms with van der Waals surface area (Å²) in [5, 5.41) is 4.16. The lowest BCUT2D eigenvalue weighted by atomic mass is 10.2. The van der Waals surface area contributed by atoms with E-state index in [1.54, 1.807) is 13.0 Å². The minimum Gasteiger partial charge on any atom is -0.483 e. The lowest BCUT2D eigenvalue weighted by molar-refractivity contribution is 0.0514. The minimum absolute atomic E-state index is 0.0210. The average molecular weight is 429 g/mol. The minimum atomic E-state index is -0.784. The van der Waals surface area contributed by atoms with Gasteiger partial charge in [0.25, 0.3) is 5.43 Å². The number of benzene rings is 2. The van der Waals surface area contributed by atoms with Crippen molar-refractivity contribution in [2.45, 2.75) is 13.5 Å². The Morgan fingerprint density at radius 2 is 1.81 bits per heavy atom. The van der Waals surface area contributed by atoms with E-state index >= 15 is 0 Å². The van der Waals surface area contributed by atoms with E-state index in [2.05, 4.69) is 21.0 Å². The number of carbonyl (C=O) groups is 1. The summed E-state index contributed by atoms with van der Waals surface area (Å²) in [6.45, 7) is 2.00. The molecule has 1 aromatic heterocycles. The molecule has 0 amide bonds. The fourth-order valence-electron chi connectivity index (χ4n) is 2.40. The Kier molecular flexibility index (Phi) is 6.03. The normalized spacial score (nSPS) is 10.4. The van der Waals surface area contributed by atoms with Crippen LogP contribution in [0.3, 0.4) is 0 Å². The molecule has 27 heavy (non-hydrogen) atoms. The molecule has 6 nitrogen and oxygen atoms in total.